The Hall–Kier alpha value is -0.680. The molecule has 0 aliphatic rings. The van der Waals surface area contributed by atoms with Crippen molar-refractivity contribution < 1.29 is 17.7 Å². The molecule has 3 nitrogen and oxygen atoms in total. The number of benzene rings is 1. The molecule has 0 saturated carbocycles. The van der Waals surface area contributed by atoms with Gasteiger partial charge in [-0.1, -0.05) is 6.07 Å². The third-order valence-corrected chi connectivity index (χ3v) is 6.96. The second kappa shape index (κ2) is 10.0. The standard InChI is InChI=1S/C19H32F3N2OP/c1-12(2)23(13(3)4)26(24(14(5)6)15(7)8)25-11-16-9-10-17(20)19(22)18(16)21/h9-10,12-15H,11H2,1-8H3. The van der Waals surface area contributed by atoms with Crippen molar-refractivity contribution in [3.05, 3.63) is 35.1 Å². The van der Waals surface area contributed by atoms with Crippen LogP contribution in [0.5, 0.6) is 0 Å². The zero-order chi connectivity index (χ0) is 20.2. The molecule has 0 saturated heterocycles. The highest BCUT2D eigenvalue weighted by molar-refractivity contribution is 7.47. The van der Waals surface area contributed by atoms with E-state index < -0.39 is 25.9 Å². The molecule has 0 amide bonds. The fourth-order valence-electron chi connectivity index (χ4n) is 3.04. The Kier molecular flexibility index (Phi) is 9.01. The molecular formula is C19H32F3N2OP. The predicted molar refractivity (Wildman–Crippen MR) is 102 cm³/mol. The fourth-order valence-corrected chi connectivity index (χ4v) is 5.38. The number of rotatable bonds is 9. The summed E-state index contributed by atoms with van der Waals surface area (Å²) in [5, 5.41) is 0. The van der Waals surface area contributed by atoms with Gasteiger partial charge in [-0.3, -0.25) is 0 Å². The van der Waals surface area contributed by atoms with Gasteiger partial charge in [-0.25, -0.2) is 22.5 Å². The number of hydrogen-bond donors (Lipinski definition) is 0. The van der Waals surface area contributed by atoms with E-state index in [-0.39, 0.29) is 36.3 Å². The van der Waals surface area contributed by atoms with Gasteiger partial charge in [-0.05, 0) is 61.5 Å². The summed E-state index contributed by atoms with van der Waals surface area (Å²) in [6, 6.07) is 3.05. The van der Waals surface area contributed by atoms with Crippen molar-refractivity contribution >= 4 is 8.45 Å². The lowest BCUT2D eigenvalue weighted by Gasteiger charge is -2.45. The SMILES string of the molecule is CC(C)N(C(C)C)P(OCc1ccc(F)c(F)c1F)N(C(C)C)C(C)C. The molecule has 7 heteroatoms. The van der Waals surface area contributed by atoms with Crippen LogP contribution in [0.3, 0.4) is 0 Å². The van der Waals surface area contributed by atoms with Gasteiger partial charge in [0.2, 0.25) is 0 Å². The quantitative estimate of drug-likeness (QED) is 0.374. The summed E-state index contributed by atoms with van der Waals surface area (Å²) in [4.78, 5) is 0. The molecule has 0 bridgehead atoms. The lowest BCUT2D eigenvalue weighted by molar-refractivity contribution is 0.180. The first-order valence-electron chi connectivity index (χ1n) is 9.10. The van der Waals surface area contributed by atoms with Crippen molar-refractivity contribution in [2.24, 2.45) is 0 Å². The van der Waals surface area contributed by atoms with Crippen LogP contribution in [0.1, 0.15) is 61.0 Å². The molecule has 150 valence electrons. The molecule has 0 spiro atoms. The second-order valence-electron chi connectivity index (χ2n) is 7.50. The maximum Gasteiger partial charge on any atom is 0.194 e. The Morgan fingerprint density at radius 2 is 1.19 bits per heavy atom. The summed E-state index contributed by atoms with van der Waals surface area (Å²) in [6.45, 7) is 16.6. The topological polar surface area (TPSA) is 15.7 Å². The Labute approximate surface area is 157 Å². The van der Waals surface area contributed by atoms with Gasteiger partial charge in [0.15, 0.2) is 25.9 Å². The molecule has 0 aromatic heterocycles. The van der Waals surface area contributed by atoms with Gasteiger partial charge >= 0.3 is 0 Å². The average molecular weight is 392 g/mol. The lowest BCUT2D eigenvalue weighted by atomic mass is 10.2. The van der Waals surface area contributed by atoms with Crippen molar-refractivity contribution in [3.63, 3.8) is 0 Å². The number of halogens is 3. The van der Waals surface area contributed by atoms with Crippen LogP contribution in [-0.2, 0) is 11.1 Å². The van der Waals surface area contributed by atoms with E-state index in [1.54, 1.807) is 0 Å². The van der Waals surface area contributed by atoms with Crippen LogP contribution in [0.4, 0.5) is 13.2 Å². The molecule has 0 heterocycles. The molecule has 1 aromatic carbocycles. The van der Waals surface area contributed by atoms with Crippen molar-refractivity contribution in [1.29, 1.82) is 0 Å². The zero-order valence-electron chi connectivity index (χ0n) is 17.1. The van der Waals surface area contributed by atoms with Crippen molar-refractivity contribution in [1.82, 2.24) is 9.34 Å². The summed E-state index contributed by atoms with van der Waals surface area (Å²) >= 11 is 0. The highest BCUT2D eigenvalue weighted by Gasteiger charge is 2.34. The maximum atomic E-state index is 14.0. The smallest absolute Gasteiger partial charge is 0.194 e. The van der Waals surface area contributed by atoms with Gasteiger partial charge in [0.05, 0.1) is 6.61 Å². The van der Waals surface area contributed by atoms with Crippen molar-refractivity contribution in [2.75, 3.05) is 0 Å². The molecule has 0 atom stereocenters. The van der Waals surface area contributed by atoms with Crippen LogP contribution in [0.15, 0.2) is 12.1 Å². The summed E-state index contributed by atoms with van der Waals surface area (Å²) in [5.41, 5.74) is 0.0244. The van der Waals surface area contributed by atoms with Gasteiger partial charge in [0.1, 0.15) is 0 Å². The molecular weight excluding hydrogens is 360 g/mol. The Morgan fingerprint density at radius 1 is 0.769 bits per heavy atom. The van der Waals surface area contributed by atoms with Gasteiger partial charge in [0, 0.05) is 29.7 Å². The minimum Gasteiger partial charge on any atom is -0.326 e. The Balaban J connectivity index is 3.19. The van der Waals surface area contributed by atoms with Gasteiger partial charge < -0.3 is 4.52 Å². The summed E-state index contributed by atoms with van der Waals surface area (Å²) in [6.07, 6.45) is 0. The Morgan fingerprint density at radius 3 is 1.58 bits per heavy atom. The van der Waals surface area contributed by atoms with E-state index >= 15 is 0 Å². The first kappa shape index (κ1) is 23.4. The molecule has 1 aromatic rings. The first-order chi connectivity index (χ1) is 12.0. The predicted octanol–water partition coefficient (Wildman–Crippen LogP) is 6.09. The zero-order valence-corrected chi connectivity index (χ0v) is 17.9. The monoisotopic (exact) mass is 392 g/mol. The van der Waals surface area contributed by atoms with Gasteiger partial charge in [-0.2, -0.15) is 0 Å². The molecule has 26 heavy (non-hydrogen) atoms. The van der Waals surface area contributed by atoms with Gasteiger partial charge in [0.25, 0.3) is 0 Å². The first-order valence-corrected chi connectivity index (χ1v) is 10.3. The second-order valence-corrected chi connectivity index (χ2v) is 9.18. The molecule has 0 N–H and O–H groups in total. The van der Waals surface area contributed by atoms with E-state index in [9.17, 15) is 13.2 Å². The summed E-state index contributed by atoms with van der Waals surface area (Å²) in [5.74, 6) is -3.82. The van der Waals surface area contributed by atoms with Crippen LogP contribution < -0.4 is 0 Å². The fraction of sp³-hybridized carbons (Fsp3) is 0.684. The average Bonchev–Trinajstić information content (AvgIpc) is 2.50. The van der Waals surface area contributed by atoms with Crippen molar-refractivity contribution in [2.45, 2.75) is 86.2 Å². The summed E-state index contributed by atoms with van der Waals surface area (Å²) in [7, 11) is -1.21. The third-order valence-electron chi connectivity index (χ3n) is 3.96. The largest absolute Gasteiger partial charge is 0.326 e. The molecule has 0 aliphatic heterocycles. The minimum atomic E-state index is -1.45. The normalized spacial score (nSPS) is 12.8. The van der Waals surface area contributed by atoms with E-state index in [0.29, 0.717) is 0 Å². The molecule has 1 rings (SSSR count). The maximum absolute atomic E-state index is 14.0. The van der Waals surface area contributed by atoms with Crippen LogP contribution in [0.25, 0.3) is 0 Å². The molecule has 0 aliphatic carbocycles. The summed E-state index contributed by atoms with van der Waals surface area (Å²) < 4.78 is 51.4. The van der Waals surface area contributed by atoms with Gasteiger partial charge in [-0.15, -0.1) is 0 Å². The number of hydrogen-bond acceptors (Lipinski definition) is 3. The third kappa shape index (κ3) is 5.66. The Bertz CT molecular complexity index is 546. The van der Waals surface area contributed by atoms with E-state index in [1.165, 1.54) is 6.07 Å². The minimum absolute atomic E-state index is 0.0244. The highest BCUT2D eigenvalue weighted by Crippen LogP contribution is 2.51. The van der Waals surface area contributed by atoms with Crippen LogP contribution in [-0.4, -0.2) is 33.5 Å². The van der Waals surface area contributed by atoms with Crippen molar-refractivity contribution in [3.8, 4) is 0 Å². The van der Waals surface area contributed by atoms with E-state index in [4.69, 9.17) is 4.52 Å². The number of nitrogens with zero attached hydrogens (tertiary/aromatic N) is 2. The van der Waals surface area contributed by atoms with Crippen LogP contribution in [0.2, 0.25) is 0 Å². The van der Waals surface area contributed by atoms with E-state index in [2.05, 4.69) is 64.7 Å². The van der Waals surface area contributed by atoms with E-state index in [0.717, 1.165) is 6.07 Å². The highest BCUT2D eigenvalue weighted by atomic mass is 31.2. The van der Waals surface area contributed by atoms with Crippen LogP contribution >= 0.6 is 8.45 Å². The molecule has 0 fully saturated rings. The van der Waals surface area contributed by atoms with E-state index in [1.807, 2.05) is 0 Å². The lowest BCUT2D eigenvalue weighted by Crippen LogP contribution is -2.43. The molecule has 0 radical (unpaired) electrons. The van der Waals surface area contributed by atoms with Crippen LogP contribution in [0, 0.1) is 17.5 Å². The molecule has 0 unspecified atom stereocenters.